The fourth-order valence-corrected chi connectivity index (χ4v) is 9.57. The van der Waals surface area contributed by atoms with Gasteiger partial charge in [0.15, 0.2) is 11.6 Å². The highest BCUT2D eigenvalue weighted by molar-refractivity contribution is 6.31. The van der Waals surface area contributed by atoms with Gasteiger partial charge in [0.2, 0.25) is 11.8 Å². The number of allylic oxidation sites excluding steroid dienone is 5. The summed E-state index contributed by atoms with van der Waals surface area (Å²) < 4.78 is 0. The maximum atomic E-state index is 15.2. The van der Waals surface area contributed by atoms with Gasteiger partial charge in [0.25, 0.3) is 0 Å². The number of imide groups is 1. The number of carbonyl (C=O) groups is 4. The molecule has 4 aliphatic rings. The Morgan fingerprint density at radius 2 is 1.52 bits per heavy atom. The summed E-state index contributed by atoms with van der Waals surface area (Å²) in [4.78, 5) is 60.1. The van der Waals surface area contributed by atoms with E-state index in [9.17, 15) is 19.8 Å². The van der Waals surface area contributed by atoms with Crippen LogP contribution in [0.2, 0.25) is 0 Å². The Hall–Kier alpha value is -5.82. The maximum Gasteiger partial charge on any atom is 0.233 e. The number of phenolic OH excluding ortho intramolecular Hbond substituents is 2. The third kappa shape index (κ3) is 5.09. The monoisotopic (exact) mass is 689 g/mol. The number of Topliss-reactive ketones (excluding diaryl/α,β-unsaturated/α-hetero) is 1. The smallest absolute Gasteiger partial charge is 0.233 e. The van der Waals surface area contributed by atoms with Crippen LogP contribution in [0, 0.1) is 23.7 Å². The van der Waals surface area contributed by atoms with Crippen LogP contribution in [0.25, 0.3) is 5.57 Å². The molecule has 1 heterocycles. The molecule has 0 bridgehead atoms. The zero-order valence-corrected chi connectivity index (χ0v) is 28.7. The average Bonchev–Trinajstić information content (AvgIpc) is 3.41. The van der Waals surface area contributed by atoms with Crippen LogP contribution in [-0.2, 0) is 37.4 Å². The van der Waals surface area contributed by atoms with E-state index in [1.165, 1.54) is 11.0 Å². The summed E-state index contributed by atoms with van der Waals surface area (Å²) in [6.45, 7) is 4.07. The highest BCUT2D eigenvalue weighted by Gasteiger charge is 2.66. The third-order valence-corrected chi connectivity index (χ3v) is 11.9. The molecule has 1 saturated heterocycles. The molecule has 0 unspecified atom stereocenters. The van der Waals surface area contributed by atoms with Crippen molar-refractivity contribution in [1.29, 1.82) is 0 Å². The first kappa shape index (κ1) is 33.3. The predicted octanol–water partition coefficient (Wildman–Crippen LogP) is 6.89. The van der Waals surface area contributed by atoms with E-state index in [4.69, 9.17) is 0 Å². The number of hydrogen-bond donors (Lipinski definition) is 2. The molecule has 7 heteroatoms. The summed E-state index contributed by atoms with van der Waals surface area (Å²) in [7, 11) is 0. The molecule has 2 fully saturated rings. The SMILES string of the molecule is C=CCc1cccc([C@H]2C3=CC[C@@H]4C(=O)N(CCc5ccc(O)cc5)C(=O)[C@@H]4[C@@H]3C[C@H]3C(=O)C(c4ccccc4)=CC(=O)[C@@]23c2ccccc2)c1O. The van der Waals surface area contributed by atoms with Crippen LogP contribution in [0.3, 0.4) is 0 Å². The molecule has 2 amide bonds. The second kappa shape index (κ2) is 13.1. The second-order valence-corrected chi connectivity index (χ2v) is 14.4. The van der Waals surface area contributed by atoms with Crippen LogP contribution in [0.4, 0.5) is 0 Å². The molecule has 0 radical (unpaired) electrons. The lowest BCUT2D eigenvalue weighted by Gasteiger charge is -2.55. The molecule has 1 saturated carbocycles. The van der Waals surface area contributed by atoms with Crippen LogP contribution in [-0.4, -0.2) is 45.0 Å². The van der Waals surface area contributed by atoms with Gasteiger partial charge in [0, 0.05) is 29.5 Å². The largest absolute Gasteiger partial charge is 0.508 e. The number of rotatable bonds is 8. The summed E-state index contributed by atoms with van der Waals surface area (Å²) in [5.41, 5.74) is 3.09. The summed E-state index contributed by atoms with van der Waals surface area (Å²) in [5, 5.41) is 21.7. The summed E-state index contributed by atoms with van der Waals surface area (Å²) in [5.74, 6) is -4.24. The maximum absolute atomic E-state index is 15.2. The molecular formula is C45H39NO6. The number of likely N-dealkylation sites (tertiary alicyclic amines) is 1. The van der Waals surface area contributed by atoms with Crippen molar-refractivity contribution >= 4 is 29.0 Å². The van der Waals surface area contributed by atoms with Gasteiger partial charge in [-0.05, 0) is 72.1 Å². The minimum atomic E-state index is -1.42. The molecule has 1 aliphatic heterocycles. The van der Waals surface area contributed by atoms with E-state index in [1.807, 2.05) is 84.9 Å². The molecule has 7 nitrogen and oxygen atoms in total. The van der Waals surface area contributed by atoms with Crippen molar-refractivity contribution in [3.8, 4) is 11.5 Å². The Bertz CT molecular complexity index is 2170. The molecule has 2 N–H and O–H groups in total. The zero-order valence-electron chi connectivity index (χ0n) is 28.7. The number of amides is 2. The first-order valence-electron chi connectivity index (χ1n) is 17.9. The topological polar surface area (TPSA) is 112 Å². The minimum absolute atomic E-state index is 0.0348. The van der Waals surface area contributed by atoms with Crippen LogP contribution < -0.4 is 0 Å². The van der Waals surface area contributed by atoms with E-state index in [-0.39, 0.29) is 47.8 Å². The number of hydrogen-bond acceptors (Lipinski definition) is 6. The second-order valence-electron chi connectivity index (χ2n) is 14.4. The number of ketones is 2. The van der Waals surface area contributed by atoms with Crippen LogP contribution in [0.1, 0.15) is 46.6 Å². The quantitative estimate of drug-likeness (QED) is 0.154. The van der Waals surface area contributed by atoms with Gasteiger partial charge in [-0.25, -0.2) is 0 Å². The number of nitrogens with zero attached hydrogens (tertiary/aromatic N) is 1. The van der Waals surface area contributed by atoms with Gasteiger partial charge in [-0.15, -0.1) is 6.58 Å². The molecular weight excluding hydrogens is 650 g/mol. The van der Waals surface area contributed by atoms with Crippen molar-refractivity contribution in [1.82, 2.24) is 4.90 Å². The van der Waals surface area contributed by atoms with Crippen LogP contribution in [0.5, 0.6) is 11.5 Å². The summed E-state index contributed by atoms with van der Waals surface area (Å²) in [6, 6.07) is 30.8. The Kier molecular flexibility index (Phi) is 8.37. The summed E-state index contributed by atoms with van der Waals surface area (Å²) >= 11 is 0. The fourth-order valence-electron chi connectivity index (χ4n) is 9.57. The molecule has 8 rings (SSSR count). The van der Waals surface area contributed by atoms with E-state index < -0.39 is 35.0 Å². The van der Waals surface area contributed by atoms with Crippen LogP contribution in [0.15, 0.2) is 134 Å². The lowest BCUT2D eigenvalue weighted by molar-refractivity contribution is -0.140. The van der Waals surface area contributed by atoms with Crippen molar-refractivity contribution < 1.29 is 29.4 Å². The van der Waals surface area contributed by atoms with Crippen LogP contribution >= 0.6 is 0 Å². The van der Waals surface area contributed by atoms with Crippen molar-refractivity contribution in [2.75, 3.05) is 6.54 Å². The first-order valence-corrected chi connectivity index (χ1v) is 17.9. The third-order valence-electron chi connectivity index (χ3n) is 11.9. The molecule has 0 aromatic heterocycles. The number of phenols is 2. The van der Waals surface area contributed by atoms with Gasteiger partial charge >= 0.3 is 0 Å². The van der Waals surface area contributed by atoms with Gasteiger partial charge in [0.1, 0.15) is 11.5 Å². The lowest BCUT2D eigenvalue weighted by Crippen LogP contribution is -2.58. The minimum Gasteiger partial charge on any atom is -0.508 e. The van der Waals surface area contributed by atoms with E-state index in [2.05, 4.69) is 6.58 Å². The molecule has 3 aliphatic carbocycles. The van der Waals surface area contributed by atoms with Gasteiger partial charge < -0.3 is 10.2 Å². The number of benzene rings is 4. The van der Waals surface area contributed by atoms with E-state index in [0.717, 1.165) is 11.1 Å². The number of carbonyl (C=O) groups excluding carboxylic acids is 4. The molecule has 260 valence electrons. The lowest BCUT2D eigenvalue weighted by atomic mass is 9.44. The Labute approximate surface area is 302 Å². The highest BCUT2D eigenvalue weighted by Crippen LogP contribution is 2.64. The Balaban J connectivity index is 1.30. The van der Waals surface area contributed by atoms with Crippen molar-refractivity contribution in [3.05, 3.63) is 161 Å². The number of para-hydroxylation sites is 1. The molecule has 0 spiro atoms. The Morgan fingerprint density at radius 1 is 0.808 bits per heavy atom. The molecule has 52 heavy (non-hydrogen) atoms. The first-order chi connectivity index (χ1) is 25.2. The Morgan fingerprint density at radius 3 is 2.23 bits per heavy atom. The molecule has 4 aromatic carbocycles. The van der Waals surface area contributed by atoms with E-state index in [1.54, 1.807) is 30.3 Å². The predicted molar refractivity (Wildman–Crippen MR) is 197 cm³/mol. The van der Waals surface area contributed by atoms with E-state index >= 15 is 9.59 Å². The van der Waals surface area contributed by atoms with Gasteiger partial charge in [0.05, 0.1) is 17.3 Å². The van der Waals surface area contributed by atoms with Gasteiger partial charge in [-0.1, -0.05) is 109 Å². The summed E-state index contributed by atoms with van der Waals surface area (Å²) in [6.07, 6.45) is 6.55. The normalized spacial score (nSPS) is 26.6. The molecule has 6 atom stereocenters. The highest BCUT2D eigenvalue weighted by atomic mass is 16.3. The van der Waals surface area contributed by atoms with Crippen molar-refractivity contribution in [2.24, 2.45) is 23.7 Å². The van der Waals surface area contributed by atoms with Gasteiger partial charge in [-0.2, -0.15) is 0 Å². The standard InChI is InChI=1S/C45H39NO6/c1-2-10-29-13-9-16-34(41(29)49)40-32-21-22-33-39(44(52)46(43(33)51)24-23-27-17-19-31(47)20-18-27)36(32)25-37-42(50)35(28-11-5-3-6-12-28)26-38(48)45(37,40)30-14-7-4-8-15-30/h2-9,11-21,26,33,36-37,39-40,47,49H,1,10,22-25H2/t33-,36+,37-,39-,40+,45-/m0/s1. The van der Waals surface area contributed by atoms with E-state index in [0.29, 0.717) is 47.1 Å². The fraction of sp³-hybridized carbons (Fsp3) is 0.244. The zero-order chi connectivity index (χ0) is 36.1. The average molecular weight is 690 g/mol. The van der Waals surface area contributed by atoms with Crippen molar-refractivity contribution in [2.45, 2.75) is 37.0 Å². The van der Waals surface area contributed by atoms with Gasteiger partial charge in [-0.3, -0.25) is 24.1 Å². The number of fused-ring (bicyclic) bond motifs is 4. The molecule has 4 aromatic rings. The number of aromatic hydroxyl groups is 2. The van der Waals surface area contributed by atoms with Crippen molar-refractivity contribution in [3.63, 3.8) is 0 Å².